The van der Waals surface area contributed by atoms with E-state index in [0.717, 1.165) is 39.6 Å². The Morgan fingerprint density at radius 2 is 1.02 bits per heavy atom. The van der Waals surface area contributed by atoms with Gasteiger partial charge in [0, 0.05) is 28.6 Å². The molecule has 5 aromatic rings. The van der Waals surface area contributed by atoms with Gasteiger partial charge in [-0.05, 0) is 41.0 Å². The number of thioether (sulfide) groups is 1. The molecule has 47 heavy (non-hydrogen) atoms. The van der Waals surface area contributed by atoms with Crippen LogP contribution in [0.3, 0.4) is 0 Å². The second-order valence-electron chi connectivity index (χ2n) is 10.7. The summed E-state index contributed by atoms with van der Waals surface area (Å²) in [6, 6.07) is 49.2. The molecule has 0 bridgehead atoms. The van der Waals surface area contributed by atoms with E-state index in [2.05, 4.69) is 23.3 Å². The predicted octanol–water partition coefficient (Wildman–Crippen LogP) is 6.82. The average Bonchev–Trinajstić information content (AvgIpc) is 3.10. The van der Waals surface area contributed by atoms with E-state index in [1.807, 2.05) is 152 Å². The fourth-order valence-corrected chi connectivity index (χ4v) is 5.87. The Kier molecular flexibility index (Phi) is 14.2. The highest BCUT2D eigenvalue weighted by Gasteiger charge is 2.29. The Hall–Kier alpha value is -4.79. The van der Waals surface area contributed by atoms with E-state index < -0.39 is 0 Å². The normalized spacial score (nSPS) is 16.3. The Labute approximate surface area is 286 Å². The van der Waals surface area contributed by atoms with E-state index in [1.165, 1.54) is 0 Å². The van der Waals surface area contributed by atoms with Gasteiger partial charge in [0.05, 0.1) is 17.8 Å². The third-order valence-electron chi connectivity index (χ3n) is 7.46. The Balaban J connectivity index is 0.000000150. The second-order valence-corrected chi connectivity index (χ2v) is 12.4. The van der Waals surface area contributed by atoms with Gasteiger partial charge in [0.1, 0.15) is 0 Å². The third-order valence-corrected chi connectivity index (χ3v) is 8.86. The fourth-order valence-electron chi connectivity index (χ4n) is 4.64. The lowest BCUT2D eigenvalue weighted by molar-refractivity contribution is -0.128. The molecule has 2 aliphatic heterocycles. The Bertz CT molecular complexity index is 1600. The highest BCUT2D eigenvalue weighted by atomic mass is 32.2. The molecule has 2 heterocycles. The summed E-state index contributed by atoms with van der Waals surface area (Å²) in [4.78, 5) is 35.5. The second kappa shape index (κ2) is 19.0. The maximum absolute atomic E-state index is 11.5. The SMILES string of the molecule is NC(=O)C(CSc1ccccc1)c1ccccc1.O=C1NCC1c1ccccc1.O=C1NCC1c1ccccc1.Sc1ccccc1. The maximum atomic E-state index is 11.5. The molecule has 2 aliphatic rings. The van der Waals surface area contributed by atoms with Crippen molar-refractivity contribution in [1.82, 2.24) is 10.6 Å². The van der Waals surface area contributed by atoms with E-state index in [-0.39, 0.29) is 35.5 Å². The first-order chi connectivity index (χ1) is 22.9. The molecule has 0 aliphatic carbocycles. The molecule has 6 nitrogen and oxygen atoms in total. The van der Waals surface area contributed by atoms with Crippen molar-refractivity contribution in [3.8, 4) is 0 Å². The molecular weight excluding hydrogens is 623 g/mol. The molecule has 8 heteroatoms. The molecule has 0 saturated carbocycles. The van der Waals surface area contributed by atoms with Crippen LogP contribution in [0.2, 0.25) is 0 Å². The zero-order chi connectivity index (χ0) is 33.3. The molecule has 240 valence electrons. The molecule has 0 aromatic heterocycles. The molecule has 0 spiro atoms. The number of thiol groups is 1. The van der Waals surface area contributed by atoms with E-state index in [4.69, 9.17) is 5.73 Å². The summed E-state index contributed by atoms with van der Waals surface area (Å²) in [5.41, 5.74) is 8.70. The monoisotopic (exact) mass is 661 g/mol. The predicted molar refractivity (Wildman–Crippen MR) is 194 cm³/mol. The summed E-state index contributed by atoms with van der Waals surface area (Å²) >= 11 is 5.74. The van der Waals surface area contributed by atoms with Crippen LogP contribution >= 0.6 is 24.4 Å². The number of amides is 3. The van der Waals surface area contributed by atoms with Crippen LogP contribution in [0.4, 0.5) is 0 Å². The van der Waals surface area contributed by atoms with Gasteiger partial charge in [0.2, 0.25) is 17.7 Å². The topological polar surface area (TPSA) is 101 Å². The number of carbonyl (C=O) groups excluding carboxylic acids is 3. The van der Waals surface area contributed by atoms with Crippen LogP contribution in [-0.4, -0.2) is 36.6 Å². The number of rotatable bonds is 7. The Morgan fingerprint density at radius 3 is 1.34 bits per heavy atom. The summed E-state index contributed by atoms with van der Waals surface area (Å²) in [5, 5.41) is 5.44. The average molecular weight is 662 g/mol. The smallest absolute Gasteiger partial charge is 0.229 e. The van der Waals surface area contributed by atoms with Crippen molar-refractivity contribution in [2.75, 3.05) is 18.8 Å². The van der Waals surface area contributed by atoms with Gasteiger partial charge in [-0.15, -0.1) is 24.4 Å². The quantitative estimate of drug-likeness (QED) is 0.0874. The van der Waals surface area contributed by atoms with Crippen LogP contribution in [-0.2, 0) is 14.4 Å². The van der Waals surface area contributed by atoms with Crippen molar-refractivity contribution in [2.45, 2.75) is 27.5 Å². The van der Waals surface area contributed by atoms with Gasteiger partial charge < -0.3 is 16.4 Å². The maximum Gasteiger partial charge on any atom is 0.229 e. The highest BCUT2D eigenvalue weighted by Crippen LogP contribution is 2.26. The summed E-state index contributed by atoms with van der Waals surface area (Å²) in [6.45, 7) is 1.59. The highest BCUT2D eigenvalue weighted by molar-refractivity contribution is 7.99. The van der Waals surface area contributed by atoms with Gasteiger partial charge >= 0.3 is 0 Å². The minimum Gasteiger partial charge on any atom is -0.369 e. The van der Waals surface area contributed by atoms with Gasteiger partial charge in [-0.2, -0.15) is 0 Å². The molecule has 3 atom stereocenters. The number of primary amides is 1. The van der Waals surface area contributed by atoms with Crippen LogP contribution < -0.4 is 16.4 Å². The van der Waals surface area contributed by atoms with E-state index in [0.29, 0.717) is 5.75 Å². The lowest BCUT2D eigenvalue weighted by atomic mass is 9.93. The van der Waals surface area contributed by atoms with Crippen molar-refractivity contribution < 1.29 is 14.4 Å². The van der Waals surface area contributed by atoms with Gasteiger partial charge in [-0.3, -0.25) is 14.4 Å². The fraction of sp³-hybridized carbons (Fsp3) is 0.154. The van der Waals surface area contributed by atoms with Gasteiger partial charge in [-0.1, -0.05) is 127 Å². The number of nitrogens with one attached hydrogen (secondary N) is 2. The van der Waals surface area contributed by atoms with Gasteiger partial charge in [0.25, 0.3) is 0 Å². The summed E-state index contributed by atoms with van der Waals surface area (Å²) in [7, 11) is 0. The summed E-state index contributed by atoms with van der Waals surface area (Å²) in [6.07, 6.45) is 0. The van der Waals surface area contributed by atoms with Gasteiger partial charge in [-0.25, -0.2) is 0 Å². The standard InChI is InChI=1S/C15H15NOS.2C9H9NO.C6H6S/c16-15(17)14(12-7-3-1-4-8-12)11-18-13-9-5-2-6-10-13;2*11-9-8(6-10-9)7-4-2-1-3-5-7;7-6-4-2-1-3-5-6/h1-10,14H,11H2,(H2,16,17);2*1-5,8H,6H2,(H,10,11);1-5,7H. The molecule has 2 fully saturated rings. The molecule has 5 aromatic carbocycles. The first-order valence-corrected chi connectivity index (χ1v) is 16.8. The minimum absolute atomic E-state index is 0.108. The van der Waals surface area contributed by atoms with Crippen LogP contribution in [0.25, 0.3) is 0 Å². The molecule has 7 rings (SSSR count). The van der Waals surface area contributed by atoms with E-state index >= 15 is 0 Å². The number of hydrogen-bond acceptors (Lipinski definition) is 5. The summed E-state index contributed by atoms with van der Waals surface area (Å²) < 4.78 is 0. The van der Waals surface area contributed by atoms with Crippen molar-refractivity contribution in [3.05, 3.63) is 168 Å². The van der Waals surface area contributed by atoms with Crippen molar-refractivity contribution >= 4 is 42.1 Å². The zero-order valence-electron chi connectivity index (χ0n) is 25.9. The number of β-lactam (4-membered cyclic amide) rings is 2. The molecule has 2 saturated heterocycles. The van der Waals surface area contributed by atoms with Crippen molar-refractivity contribution in [2.24, 2.45) is 5.73 Å². The number of hydrogen-bond donors (Lipinski definition) is 4. The van der Waals surface area contributed by atoms with Crippen LogP contribution in [0, 0.1) is 0 Å². The van der Waals surface area contributed by atoms with Crippen LogP contribution in [0.5, 0.6) is 0 Å². The number of carbonyl (C=O) groups is 3. The first kappa shape index (κ1) is 35.1. The zero-order valence-corrected chi connectivity index (χ0v) is 27.7. The van der Waals surface area contributed by atoms with Crippen molar-refractivity contribution in [1.29, 1.82) is 0 Å². The lowest BCUT2D eigenvalue weighted by Gasteiger charge is -2.25. The lowest BCUT2D eigenvalue weighted by Crippen LogP contribution is -2.46. The van der Waals surface area contributed by atoms with E-state index in [1.54, 1.807) is 11.8 Å². The third kappa shape index (κ3) is 11.5. The number of benzene rings is 5. The molecule has 4 N–H and O–H groups in total. The van der Waals surface area contributed by atoms with Gasteiger partial charge in [0.15, 0.2) is 0 Å². The minimum atomic E-state index is -0.273. The number of nitrogens with two attached hydrogens (primary N) is 1. The molecule has 3 unspecified atom stereocenters. The Morgan fingerprint density at radius 1 is 0.638 bits per heavy atom. The van der Waals surface area contributed by atoms with Crippen molar-refractivity contribution in [3.63, 3.8) is 0 Å². The molecular formula is C39H39N3O3S2. The summed E-state index contributed by atoms with van der Waals surface area (Å²) in [5.74, 6) is 0.671. The van der Waals surface area contributed by atoms with E-state index in [9.17, 15) is 14.4 Å². The first-order valence-electron chi connectivity index (χ1n) is 15.3. The van der Waals surface area contributed by atoms with Crippen LogP contribution in [0.1, 0.15) is 34.4 Å². The molecule has 3 amide bonds. The molecule has 0 radical (unpaired) electrons. The van der Waals surface area contributed by atoms with Crippen LogP contribution in [0.15, 0.2) is 161 Å². The largest absolute Gasteiger partial charge is 0.369 e.